The van der Waals surface area contributed by atoms with Crippen molar-refractivity contribution in [3.63, 3.8) is 0 Å². The number of hydrogen-bond acceptors (Lipinski definition) is 4. The van der Waals surface area contributed by atoms with E-state index in [4.69, 9.17) is 0 Å². The Kier molecular flexibility index (Phi) is 5.47. The van der Waals surface area contributed by atoms with Crippen LogP contribution in [0.4, 0.5) is 9.39 Å². The van der Waals surface area contributed by atoms with Gasteiger partial charge in [-0.3, -0.25) is 4.79 Å². The number of anilines is 1. The molecule has 7 heteroatoms. The van der Waals surface area contributed by atoms with Gasteiger partial charge in [-0.2, -0.15) is 10.5 Å². The highest BCUT2D eigenvalue weighted by Crippen LogP contribution is 2.37. The molecule has 0 saturated carbocycles. The molecule has 0 bridgehead atoms. The third-order valence-corrected chi connectivity index (χ3v) is 6.26. The van der Waals surface area contributed by atoms with Gasteiger partial charge in [0.05, 0.1) is 5.56 Å². The van der Waals surface area contributed by atoms with Gasteiger partial charge in [0, 0.05) is 22.5 Å². The van der Waals surface area contributed by atoms with E-state index in [1.54, 1.807) is 35.0 Å². The first-order chi connectivity index (χ1) is 14.6. The Morgan fingerprint density at radius 2 is 1.93 bits per heavy atom. The van der Waals surface area contributed by atoms with Crippen LogP contribution < -0.4 is 5.32 Å². The van der Waals surface area contributed by atoms with Crippen molar-refractivity contribution in [1.29, 1.82) is 10.5 Å². The minimum Gasteiger partial charge on any atom is -0.317 e. The van der Waals surface area contributed by atoms with Crippen molar-refractivity contribution in [2.24, 2.45) is 0 Å². The highest BCUT2D eigenvalue weighted by molar-refractivity contribution is 7.16. The molecular weight excluding hydrogens is 399 g/mol. The number of hydrogen-bond donors (Lipinski definition) is 1. The number of amides is 1. The Balaban J connectivity index is 1.62. The number of aryl methyl sites for hydroxylation is 1. The first-order valence-corrected chi connectivity index (χ1v) is 10.3. The van der Waals surface area contributed by atoms with Crippen LogP contribution in [0.2, 0.25) is 0 Å². The highest BCUT2D eigenvalue weighted by Gasteiger charge is 2.22. The summed E-state index contributed by atoms with van der Waals surface area (Å²) in [5.74, 6) is -0.897. The SMILES string of the molecule is N#C/C(=C\c1cccn1-c1ccc(F)cc1)C(=O)Nc1sc2c(c1C#N)CCCC2. The fourth-order valence-corrected chi connectivity index (χ4v) is 4.82. The molecule has 1 aromatic carbocycles. The standard InChI is InChI=1S/C23H17FN4OS/c24-16-7-9-17(10-8-16)28-11-3-4-18(28)12-15(13-25)22(29)27-23-20(14-26)19-5-1-2-6-21(19)30-23/h3-4,7-12H,1-2,5-6H2,(H,27,29)/b15-12+. The first kappa shape index (κ1) is 19.6. The third kappa shape index (κ3) is 3.76. The van der Waals surface area contributed by atoms with E-state index in [1.165, 1.54) is 29.5 Å². The molecule has 0 unspecified atom stereocenters. The lowest BCUT2D eigenvalue weighted by Crippen LogP contribution is -2.13. The van der Waals surface area contributed by atoms with Crippen molar-refractivity contribution in [1.82, 2.24) is 4.57 Å². The number of halogens is 1. The molecule has 0 radical (unpaired) electrons. The monoisotopic (exact) mass is 416 g/mol. The van der Waals surface area contributed by atoms with Crippen LogP contribution in [0.5, 0.6) is 0 Å². The predicted octanol–water partition coefficient (Wildman–Crippen LogP) is 4.97. The number of carbonyl (C=O) groups excluding carboxylic acids is 1. The number of fused-ring (bicyclic) bond motifs is 1. The molecule has 0 aliphatic heterocycles. The molecule has 5 nitrogen and oxygen atoms in total. The van der Waals surface area contributed by atoms with Gasteiger partial charge in [-0.25, -0.2) is 4.39 Å². The van der Waals surface area contributed by atoms with E-state index in [0.29, 0.717) is 21.9 Å². The maximum Gasteiger partial charge on any atom is 0.267 e. The van der Waals surface area contributed by atoms with Crippen molar-refractivity contribution in [2.75, 3.05) is 5.32 Å². The first-order valence-electron chi connectivity index (χ1n) is 9.52. The van der Waals surface area contributed by atoms with Gasteiger partial charge in [-0.15, -0.1) is 11.3 Å². The Bertz CT molecular complexity index is 1220. The summed E-state index contributed by atoms with van der Waals surface area (Å²) in [4.78, 5) is 13.9. The third-order valence-electron chi connectivity index (χ3n) is 5.05. The van der Waals surface area contributed by atoms with Crippen LogP contribution in [0.25, 0.3) is 11.8 Å². The fourth-order valence-electron chi connectivity index (χ4n) is 3.59. The molecule has 0 atom stereocenters. The second-order valence-electron chi connectivity index (χ2n) is 6.93. The molecule has 148 valence electrons. The molecule has 1 amide bonds. The second-order valence-corrected chi connectivity index (χ2v) is 8.04. The maximum atomic E-state index is 13.2. The summed E-state index contributed by atoms with van der Waals surface area (Å²) in [5.41, 5.74) is 2.78. The summed E-state index contributed by atoms with van der Waals surface area (Å²) in [6, 6.07) is 13.6. The van der Waals surface area contributed by atoms with E-state index in [2.05, 4.69) is 11.4 Å². The molecular formula is C23H17FN4OS. The van der Waals surface area contributed by atoms with Crippen molar-refractivity contribution < 1.29 is 9.18 Å². The normalized spacial score (nSPS) is 13.2. The summed E-state index contributed by atoms with van der Waals surface area (Å²) in [6.07, 6.45) is 7.13. The number of aromatic nitrogens is 1. The molecule has 1 aliphatic rings. The zero-order valence-corrected chi connectivity index (χ0v) is 16.8. The number of nitriles is 2. The van der Waals surface area contributed by atoms with E-state index in [1.807, 2.05) is 6.07 Å². The summed E-state index contributed by atoms with van der Waals surface area (Å²) >= 11 is 1.42. The van der Waals surface area contributed by atoms with Crippen LogP contribution in [-0.2, 0) is 17.6 Å². The second kappa shape index (κ2) is 8.36. The topological polar surface area (TPSA) is 81.6 Å². The predicted molar refractivity (Wildman–Crippen MR) is 114 cm³/mol. The minimum absolute atomic E-state index is 0.0766. The molecule has 2 heterocycles. The Hall–Kier alpha value is -3.68. The van der Waals surface area contributed by atoms with E-state index in [-0.39, 0.29) is 11.4 Å². The lowest BCUT2D eigenvalue weighted by Gasteiger charge is -2.09. The highest BCUT2D eigenvalue weighted by atomic mass is 32.1. The van der Waals surface area contributed by atoms with Gasteiger partial charge in [0.2, 0.25) is 0 Å². The van der Waals surface area contributed by atoms with Crippen LogP contribution in [0.1, 0.15) is 34.5 Å². The lowest BCUT2D eigenvalue weighted by molar-refractivity contribution is -0.112. The zero-order chi connectivity index (χ0) is 21.1. The molecule has 30 heavy (non-hydrogen) atoms. The quantitative estimate of drug-likeness (QED) is 0.481. The van der Waals surface area contributed by atoms with Crippen LogP contribution >= 0.6 is 11.3 Å². The van der Waals surface area contributed by atoms with Crippen molar-refractivity contribution in [3.05, 3.63) is 75.7 Å². The molecule has 1 aliphatic carbocycles. The average molecular weight is 416 g/mol. The van der Waals surface area contributed by atoms with Gasteiger partial charge in [0.1, 0.15) is 28.5 Å². The van der Waals surface area contributed by atoms with Crippen LogP contribution in [0.15, 0.2) is 48.2 Å². The van der Waals surface area contributed by atoms with Gasteiger partial charge < -0.3 is 9.88 Å². The van der Waals surface area contributed by atoms with E-state index in [9.17, 15) is 19.7 Å². The fraction of sp³-hybridized carbons (Fsp3) is 0.174. The maximum absolute atomic E-state index is 13.2. The number of nitrogens with one attached hydrogen (secondary N) is 1. The molecule has 2 aromatic heterocycles. The molecule has 0 saturated heterocycles. The number of benzene rings is 1. The Labute approximate surface area is 177 Å². The lowest BCUT2D eigenvalue weighted by atomic mass is 9.96. The van der Waals surface area contributed by atoms with E-state index < -0.39 is 5.91 Å². The van der Waals surface area contributed by atoms with Crippen molar-refractivity contribution in [2.45, 2.75) is 25.7 Å². The summed E-state index contributed by atoms with van der Waals surface area (Å²) in [5, 5.41) is 22.4. The zero-order valence-electron chi connectivity index (χ0n) is 16.0. The van der Waals surface area contributed by atoms with Gasteiger partial charge in [-0.1, -0.05) is 0 Å². The summed E-state index contributed by atoms with van der Waals surface area (Å²) < 4.78 is 15.0. The van der Waals surface area contributed by atoms with E-state index in [0.717, 1.165) is 36.1 Å². The van der Waals surface area contributed by atoms with Gasteiger partial charge in [0.25, 0.3) is 5.91 Å². The summed E-state index contributed by atoms with van der Waals surface area (Å²) in [6.45, 7) is 0. The Morgan fingerprint density at radius 3 is 2.67 bits per heavy atom. The number of nitrogens with zero attached hydrogens (tertiary/aromatic N) is 3. The molecule has 0 spiro atoms. The van der Waals surface area contributed by atoms with E-state index >= 15 is 0 Å². The van der Waals surface area contributed by atoms with Crippen molar-refractivity contribution >= 4 is 28.3 Å². The van der Waals surface area contributed by atoms with Gasteiger partial charge in [-0.05, 0) is 73.7 Å². The number of thiophene rings is 1. The van der Waals surface area contributed by atoms with Gasteiger partial charge in [0.15, 0.2) is 0 Å². The van der Waals surface area contributed by atoms with Crippen LogP contribution in [0, 0.1) is 28.5 Å². The molecule has 0 fully saturated rings. The smallest absolute Gasteiger partial charge is 0.267 e. The minimum atomic E-state index is -0.556. The molecule has 4 rings (SSSR count). The van der Waals surface area contributed by atoms with Gasteiger partial charge >= 0.3 is 0 Å². The van der Waals surface area contributed by atoms with Crippen LogP contribution in [-0.4, -0.2) is 10.5 Å². The molecule has 1 N–H and O–H groups in total. The molecule has 3 aromatic rings. The number of rotatable bonds is 4. The summed E-state index contributed by atoms with van der Waals surface area (Å²) in [7, 11) is 0. The number of carbonyl (C=O) groups is 1. The average Bonchev–Trinajstić information content (AvgIpc) is 3.36. The largest absolute Gasteiger partial charge is 0.317 e. The van der Waals surface area contributed by atoms with Crippen LogP contribution in [0.3, 0.4) is 0 Å². The van der Waals surface area contributed by atoms with Crippen molar-refractivity contribution in [3.8, 4) is 17.8 Å². The Morgan fingerprint density at radius 1 is 1.17 bits per heavy atom.